The minimum Gasteiger partial charge on any atom is -0.448 e. The van der Waals surface area contributed by atoms with Gasteiger partial charge in [-0.1, -0.05) is 26.0 Å². The molecule has 0 radical (unpaired) electrons. The van der Waals surface area contributed by atoms with Gasteiger partial charge >= 0.3 is 12.0 Å². The van der Waals surface area contributed by atoms with Crippen molar-refractivity contribution < 1.29 is 23.3 Å². The van der Waals surface area contributed by atoms with E-state index >= 15 is 0 Å². The normalized spacial score (nSPS) is 13.3. The van der Waals surface area contributed by atoms with Crippen molar-refractivity contribution in [2.75, 3.05) is 6.26 Å². The maximum atomic E-state index is 12.2. The predicted molar refractivity (Wildman–Crippen MR) is 80.5 cm³/mol. The van der Waals surface area contributed by atoms with Crippen LogP contribution in [0, 0.1) is 5.92 Å². The predicted octanol–water partition coefficient (Wildman–Crippen LogP) is 0.800. The Morgan fingerprint density at radius 2 is 1.82 bits per heavy atom. The highest BCUT2D eigenvalue weighted by molar-refractivity contribution is 7.84. The van der Waals surface area contributed by atoms with E-state index < -0.39 is 34.8 Å². The SMILES string of the molecule is CC(C)[C@@H](OC(=O)c1ccccc1[S@](C)=O)C(=O)NC(N)=O. The number of rotatable bonds is 5. The lowest BCUT2D eigenvalue weighted by Crippen LogP contribution is -2.45. The molecule has 0 heterocycles. The molecule has 1 aromatic carbocycles. The van der Waals surface area contributed by atoms with Crippen LogP contribution in [-0.4, -0.2) is 34.5 Å². The highest BCUT2D eigenvalue weighted by Crippen LogP contribution is 2.17. The van der Waals surface area contributed by atoms with Crippen LogP contribution in [-0.2, 0) is 20.3 Å². The van der Waals surface area contributed by atoms with E-state index in [0.29, 0.717) is 4.90 Å². The average molecular weight is 326 g/mol. The van der Waals surface area contributed by atoms with Crippen LogP contribution in [0.25, 0.3) is 0 Å². The molecule has 2 atom stereocenters. The Balaban J connectivity index is 3.00. The zero-order valence-corrected chi connectivity index (χ0v) is 13.3. The van der Waals surface area contributed by atoms with Crippen LogP contribution < -0.4 is 11.1 Å². The van der Waals surface area contributed by atoms with Gasteiger partial charge in [-0.2, -0.15) is 0 Å². The first-order chi connectivity index (χ1) is 10.2. The summed E-state index contributed by atoms with van der Waals surface area (Å²) in [5, 5.41) is 1.88. The largest absolute Gasteiger partial charge is 0.448 e. The lowest BCUT2D eigenvalue weighted by Gasteiger charge is -2.20. The van der Waals surface area contributed by atoms with Crippen molar-refractivity contribution in [1.29, 1.82) is 0 Å². The molecule has 0 spiro atoms. The van der Waals surface area contributed by atoms with E-state index in [-0.39, 0.29) is 11.5 Å². The molecule has 0 aliphatic carbocycles. The van der Waals surface area contributed by atoms with E-state index in [0.717, 1.165) is 0 Å². The molecular weight excluding hydrogens is 308 g/mol. The number of ether oxygens (including phenoxy) is 1. The summed E-state index contributed by atoms with van der Waals surface area (Å²) < 4.78 is 16.8. The third-order valence-electron chi connectivity index (χ3n) is 2.76. The Labute approximate surface area is 130 Å². The molecule has 0 aliphatic heterocycles. The van der Waals surface area contributed by atoms with Gasteiger partial charge in [0.2, 0.25) is 0 Å². The van der Waals surface area contributed by atoms with E-state index in [1.807, 2.05) is 5.32 Å². The van der Waals surface area contributed by atoms with Gasteiger partial charge in [-0.05, 0) is 18.1 Å². The molecule has 1 rings (SSSR count). The number of hydrogen-bond donors (Lipinski definition) is 2. The number of urea groups is 1. The van der Waals surface area contributed by atoms with Gasteiger partial charge in [-0.3, -0.25) is 14.3 Å². The fourth-order valence-corrected chi connectivity index (χ4v) is 2.48. The Hall–Kier alpha value is -2.22. The standard InChI is InChI=1S/C14H18N2O5S/c1-8(2)11(12(17)16-14(15)19)21-13(18)9-6-4-5-7-10(9)22(3)20/h4-8,11H,1-3H3,(H3,15,16,17,19)/t11-,22+/m1/s1. The summed E-state index contributed by atoms with van der Waals surface area (Å²) in [6.07, 6.45) is 0.254. The molecule has 1 aromatic rings. The maximum Gasteiger partial charge on any atom is 0.340 e. The van der Waals surface area contributed by atoms with Crippen molar-refractivity contribution in [3.05, 3.63) is 29.8 Å². The molecule has 0 fully saturated rings. The highest BCUT2D eigenvalue weighted by atomic mass is 32.2. The number of primary amides is 1. The summed E-state index contributed by atoms with van der Waals surface area (Å²) in [7, 11) is -1.38. The number of nitrogens with two attached hydrogens (primary N) is 1. The smallest absolute Gasteiger partial charge is 0.340 e. The third kappa shape index (κ3) is 4.66. The summed E-state index contributed by atoms with van der Waals surface area (Å²) in [4.78, 5) is 35.1. The Kier molecular flexibility index (Phi) is 6.24. The van der Waals surface area contributed by atoms with Gasteiger partial charge < -0.3 is 10.5 Å². The Morgan fingerprint density at radius 1 is 1.23 bits per heavy atom. The van der Waals surface area contributed by atoms with Crippen LogP contribution in [0.15, 0.2) is 29.2 Å². The molecule has 0 saturated heterocycles. The minimum absolute atomic E-state index is 0.112. The molecule has 0 aliphatic rings. The van der Waals surface area contributed by atoms with Crippen LogP contribution in [0.2, 0.25) is 0 Å². The lowest BCUT2D eigenvalue weighted by molar-refractivity contribution is -0.130. The Morgan fingerprint density at radius 3 is 2.32 bits per heavy atom. The molecule has 120 valence electrons. The van der Waals surface area contributed by atoms with Gasteiger partial charge in [0.05, 0.1) is 21.3 Å². The first kappa shape index (κ1) is 17.8. The number of benzene rings is 1. The molecule has 7 nitrogen and oxygen atoms in total. The first-order valence-electron chi connectivity index (χ1n) is 6.47. The van der Waals surface area contributed by atoms with E-state index in [2.05, 4.69) is 0 Å². The molecule has 0 bridgehead atoms. The van der Waals surface area contributed by atoms with Gasteiger partial charge in [-0.15, -0.1) is 0 Å². The molecule has 0 unspecified atom stereocenters. The summed E-state index contributed by atoms with van der Waals surface area (Å²) in [6, 6.07) is 5.22. The van der Waals surface area contributed by atoms with Crippen LogP contribution >= 0.6 is 0 Å². The number of nitrogens with one attached hydrogen (secondary N) is 1. The fourth-order valence-electron chi connectivity index (χ4n) is 1.75. The van der Waals surface area contributed by atoms with Crippen molar-refractivity contribution in [2.45, 2.75) is 24.8 Å². The van der Waals surface area contributed by atoms with Crippen molar-refractivity contribution in [3.63, 3.8) is 0 Å². The number of amides is 3. The van der Waals surface area contributed by atoms with Crippen LogP contribution in [0.4, 0.5) is 4.79 Å². The quantitative estimate of drug-likeness (QED) is 0.777. The van der Waals surface area contributed by atoms with Crippen molar-refractivity contribution >= 4 is 28.7 Å². The monoisotopic (exact) mass is 326 g/mol. The number of imide groups is 1. The van der Waals surface area contributed by atoms with Gasteiger partial charge in [0.1, 0.15) is 0 Å². The van der Waals surface area contributed by atoms with Crippen molar-refractivity contribution in [1.82, 2.24) is 5.32 Å². The molecule has 8 heteroatoms. The summed E-state index contributed by atoms with van der Waals surface area (Å²) >= 11 is 0. The van der Waals surface area contributed by atoms with Crippen molar-refractivity contribution in [2.24, 2.45) is 11.7 Å². The minimum atomic E-state index is -1.38. The summed E-state index contributed by atoms with van der Waals surface area (Å²) in [6.45, 7) is 3.31. The van der Waals surface area contributed by atoms with E-state index in [9.17, 15) is 18.6 Å². The number of esters is 1. The third-order valence-corrected chi connectivity index (χ3v) is 3.74. The molecule has 3 amide bonds. The van der Waals surface area contributed by atoms with E-state index in [1.165, 1.54) is 12.3 Å². The molecule has 3 N–H and O–H groups in total. The average Bonchev–Trinajstić information content (AvgIpc) is 2.43. The maximum absolute atomic E-state index is 12.2. The topological polar surface area (TPSA) is 116 Å². The first-order valence-corrected chi connectivity index (χ1v) is 8.03. The van der Waals surface area contributed by atoms with E-state index in [1.54, 1.807) is 32.0 Å². The fraction of sp³-hybridized carbons (Fsp3) is 0.357. The van der Waals surface area contributed by atoms with Gasteiger partial charge in [-0.25, -0.2) is 9.59 Å². The highest BCUT2D eigenvalue weighted by Gasteiger charge is 2.28. The van der Waals surface area contributed by atoms with Crippen LogP contribution in [0.3, 0.4) is 0 Å². The lowest BCUT2D eigenvalue weighted by atomic mass is 10.1. The number of hydrogen-bond acceptors (Lipinski definition) is 5. The second-order valence-electron chi connectivity index (χ2n) is 4.87. The van der Waals surface area contributed by atoms with Gasteiger partial charge in [0.25, 0.3) is 5.91 Å². The number of carbonyl (C=O) groups is 3. The molecular formula is C14H18N2O5S. The zero-order chi connectivity index (χ0) is 16.9. The summed E-state index contributed by atoms with van der Waals surface area (Å²) in [5.41, 5.74) is 5.00. The summed E-state index contributed by atoms with van der Waals surface area (Å²) in [5.74, 6) is -1.96. The second-order valence-corrected chi connectivity index (χ2v) is 6.22. The zero-order valence-electron chi connectivity index (χ0n) is 12.5. The van der Waals surface area contributed by atoms with Gasteiger partial charge in [0.15, 0.2) is 6.10 Å². The molecule has 0 aromatic heterocycles. The van der Waals surface area contributed by atoms with Crippen molar-refractivity contribution in [3.8, 4) is 0 Å². The van der Waals surface area contributed by atoms with Crippen LogP contribution in [0.1, 0.15) is 24.2 Å². The van der Waals surface area contributed by atoms with Crippen LogP contribution in [0.5, 0.6) is 0 Å². The molecule has 22 heavy (non-hydrogen) atoms. The molecule has 0 saturated carbocycles. The number of carbonyl (C=O) groups excluding carboxylic acids is 3. The Bertz CT molecular complexity index is 615. The second kappa shape index (κ2) is 7.69. The van der Waals surface area contributed by atoms with Gasteiger partial charge in [0, 0.05) is 6.26 Å². The van der Waals surface area contributed by atoms with E-state index in [4.69, 9.17) is 10.5 Å².